The van der Waals surface area contributed by atoms with E-state index in [1.807, 2.05) is 24.3 Å². The number of rotatable bonds is 8. The average molecular weight is 581 g/mol. The second kappa shape index (κ2) is 11.2. The van der Waals surface area contributed by atoms with Crippen molar-refractivity contribution in [2.24, 2.45) is 0 Å². The molecule has 0 aliphatic rings. The van der Waals surface area contributed by atoms with Crippen molar-refractivity contribution < 1.29 is 23.5 Å². The molecule has 4 heterocycles. The first kappa shape index (κ1) is 27.3. The number of nitrogen functional groups attached to an aromatic ring is 1. The number of aromatic nitrogens is 6. The topological polar surface area (TPSA) is 162 Å². The molecule has 0 aliphatic carbocycles. The zero-order valence-corrected chi connectivity index (χ0v) is 23.1. The first-order valence-electron chi connectivity index (χ1n) is 13.2. The number of fused-ring (bicyclic) bond motifs is 2. The summed E-state index contributed by atoms with van der Waals surface area (Å²) in [5.41, 5.74) is 11.2. The lowest BCUT2D eigenvalue weighted by Gasteiger charge is -2.10. The molecule has 0 spiro atoms. The zero-order chi connectivity index (χ0) is 30.1. The molecule has 0 unspecified atom stereocenters. The fourth-order valence-electron chi connectivity index (χ4n) is 4.71. The molecular formula is C30H25FN8O4. The van der Waals surface area contributed by atoms with Gasteiger partial charge in [0.2, 0.25) is 0 Å². The Morgan fingerprint density at radius 1 is 1.09 bits per heavy atom. The molecule has 4 N–H and O–H groups in total. The number of anilines is 1. The van der Waals surface area contributed by atoms with Crippen LogP contribution in [0.1, 0.15) is 33.2 Å². The van der Waals surface area contributed by atoms with Gasteiger partial charge in [-0.3, -0.25) is 14.9 Å². The minimum absolute atomic E-state index is 0.113. The molecule has 216 valence electrons. The SMILES string of the molecule is CCOC(=O)c1cnc2cc(-c3cnc(-c4ccc(CNC(=O)c5cc(F)ccc5OC)cc4)c4c(N)n[nH]c34)nn2c1. The zero-order valence-electron chi connectivity index (χ0n) is 23.1. The lowest BCUT2D eigenvalue weighted by molar-refractivity contribution is 0.0525. The summed E-state index contributed by atoms with van der Waals surface area (Å²) in [6, 6.07) is 13.0. The van der Waals surface area contributed by atoms with Crippen LogP contribution in [0.4, 0.5) is 10.2 Å². The summed E-state index contributed by atoms with van der Waals surface area (Å²) < 4.78 is 25.4. The van der Waals surface area contributed by atoms with Crippen LogP contribution < -0.4 is 15.8 Å². The van der Waals surface area contributed by atoms with Crippen molar-refractivity contribution in [3.05, 3.63) is 89.6 Å². The van der Waals surface area contributed by atoms with Crippen LogP contribution in [-0.4, -0.2) is 55.4 Å². The van der Waals surface area contributed by atoms with Gasteiger partial charge in [0, 0.05) is 42.3 Å². The molecule has 43 heavy (non-hydrogen) atoms. The Morgan fingerprint density at radius 2 is 1.91 bits per heavy atom. The number of nitrogens with one attached hydrogen (secondary N) is 2. The van der Waals surface area contributed by atoms with E-state index in [1.165, 1.54) is 30.0 Å². The number of hydrogen-bond acceptors (Lipinski definition) is 9. The van der Waals surface area contributed by atoms with E-state index < -0.39 is 17.7 Å². The van der Waals surface area contributed by atoms with E-state index in [9.17, 15) is 14.0 Å². The predicted octanol–water partition coefficient (Wildman–Crippen LogP) is 4.17. The van der Waals surface area contributed by atoms with Crippen LogP contribution in [-0.2, 0) is 11.3 Å². The van der Waals surface area contributed by atoms with Crippen LogP contribution in [0.15, 0.2) is 67.1 Å². The number of nitrogens with two attached hydrogens (primary N) is 1. The highest BCUT2D eigenvalue weighted by atomic mass is 19.1. The minimum atomic E-state index is -0.528. The smallest absolute Gasteiger partial charge is 0.341 e. The molecule has 0 aliphatic heterocycles. The molecule has 12 nitrogen and oxygen atoms in total. The third kappa shape index (κ3) is 5.19. The Bertz CT molecular complexity index is 2000. The van der Waals surface area contributed by atoms with Crippen molar-refractivity contribution >= 4 is 34.2 Å². The normalized spacial score (nSPS) is 11.1. The van der Waals surface area contributed by atoms with Gasteiger partial charge >= 0.3 is 5.97 Å². The number of aromatic amines is 1. The molecule has 0 radical (unpaired) electrons. The van der Waals surface area contributed by atoms with Crippen molar-refractivity contribution in [2.45, 2.75) is 13.5 Å². The first-order valence-corrected chi connectivity index (χ1v) is 13.2. The summed E-state index contributed by atoms with van der Waals surface area (Å²) in [4.78, 5) is 33.8. The number of pyridine rings is 1. The van der Waals surface area contributed by atoms with Crippen LogP contribution in [0.2, 0.25) is 0 Å². The Balaban J connectivity index is 1.26. The van der Waals surface area contributed by atoms with Gasteiger partial charge < -0.3 is 20.5 Å². The van der Waals surface area contributed by atoms with E-state index in [2.05, 4.69) is 25.6 Å². The predicted molar refractivity (Wildman–Crippen MR) is 156 cm³/mol. The van der Waals surface area contributed by atoms with Gasteiger partial charge in [-0.15, -0.1) is 0 Å². The van der Waals surface area contributed by atoms with Crippen molar-refractivity contribution in [2.75, 3.05) is 19.5 Å². The van der Waals surface area contributed by atoms with Crippen molar-refractivity contribution in [1.29, 1.82) is 0 Å². The third-order valence-corrected chi connectivity index (χ3v) is 6.81. The number of methoxy groups -OCH3 is 1. The maximum Gasteiger partial charge on any atom is 0.341 e. The summed E-state index contributed by atoms with van der Waals surface area (Å²) in [5, 5.41) is 15.2. The van der Waals surface area contributed by atoms with E-state index in [4.69, 9.17) is 20.2 Å². The summed E-state index contributed by atoms with van der Waals surface area (Å²) >= 11 is 0. The third-order valence-electron chi connectivity index (χ3n) is 6.81. The van der Waals surface area contributed by atoms with Crippen LogP contribution in [0, 0.1) is 5.82 Å². The molecular weight excluding hydrogens is 555 g/mol. The highest BCUT2D eigenvalue weighted by Gasteiger charge is 2.19. The van der Waals surface area contributed by atoms with Gasteiger partial charge in [0.1, 0.15) is 11.6 Å². The number of hydrogen-bond donors (Lipinski definition) is 3. The highest BCUT2D eigenvalue weighted by molar-refractivity contribution is 6.06. The molecule has 13 heteroatoms. The van der Waals surface area contributed by atoms with Gasteiger partial charge in [-0.1, -0.05) is 24.3 Å². The van der Waals surface area contributed by atoms with Crippen LogP contribution in [0.3, 0.4) is 0 Å². The summed E-state index contributed by atoms with van der Waals surface area (Å²) in [6.07, 6.45) is 4.67. The summed E-state index contributed by atoms with van der Waals surface area (Å²) in [6.45, 7) is 2.20. The monoisotopic (exact) mass is 580 g/mol. The van der Waals surface area contributed by atoms with Crippen LogP contribution >= 0.6 is 0 Å². The van der Waals surface area contributed by atoms with Crippen molar-refractivity contribution in [1.82, 2.24) is 35.1 Å². The minimum Gasteiger partial charge on any atom is -0.496 e. The Kier molecular flexibility index (Phi) is 7.12. The number of H-pyrrole nitrogens is 1. The van der Waals surface area contributed by atoms with Crippen molar-refractivity contribution in [3.63, 3.8) is 0 Å². The molecule has 0 fully saturated rings. The molecule has 2 aromatic carbocycles. The Labute approximate surface area is 243 Å². The molecule has 0 saturated carbocycles. The number of esters is 1. The second-order valence-corrected chi connectivity index (χ2v) is 9.50. The van der Waals surface area contributed by atoms with E-state index in [1.54, 1.807) is 25.4 Å². The second-order valence-electron chi connectivity index (χ2n) is 9.50. The molecule has 0 saturated heterocycles. The average Bonchev–Trinajstić information content (AvgIpc) is 3.63. The van der Waals surface area contributed by atoms with Gasteiger partial charge in [0.05, 0.1) is 47.1 Å². The molecule has 6 aromatic rings. The number of ether oxygens (including phenoxy) is 2. The van der Waals surface area contributed by atoms with Crippen LogP contribution in [0.5, 0.6) is 5.75 Å². The van der Waals surface area contributed by atoms with Crippen LogP contribution in [0.25, 0.3) is 39.1 Å². The maximum atomic E-state index is 13.7. The number of nitrogens with zero attached hydrogens (tertiary/aromatic N) is 5. The molecule has 6 rings (SSSR count). The quantitative estimate of drug-likeness (QED) is 0.224. The summed E-state index contributed by atoms with van der Waals surface area (Å²) in [5.74, 6) is -0.911. The summed E-state index contributed by atoms with van der Waals surface area (Å²) in [7, 11) is 1.42. The van der Waals surface area contributed by atoms with E-state index in [-0.39, 0.29) is 35.8 Å². The van der Waals surface area contributed by atoms with Gasteiger partial charge in [-0.25, -0.2) is 18.7 Å². The molecule has 0 atom stereocenters. The van der Waals surface area contributed by atoms with Gasteiger partial charge in [0.15, 0.2) is 11.5 Å². The standard InChI is InChI=1S/C30H25FN8O4/c1-3-43-30(41)18-13-33-24-11-22(38-39(24)15-18)21-14-34-26(25-27(21)36-37-28(25)32)17-6-4-16(5-7-17)12-35-29(40)20-10-19(31)8-9-23(20)42-2/h4-11,13-15H,3,12H2,1-2H3,(H,35,40)(H3,32,36,37). The number of carbonyl (C=O) groups is 2. The molecule has 0 bridgehead atoms. The Hall–Kier alpha value is -5.85. The molecule has 4 aromatic heterocycles. The number of benzene rings is 2. The molecule has 1 amide bonds. The maximum absolute atomic E-state index is 13.7. The van der Waals surface area contributed by atoms with E-state index in [0.29, 0.717) is 33.5 Å². The van der Waals surface area contributed by atoms with Gasteiger partial charge in [0.25, 0.3) is 5.91 Å². The van der Waals surface area contributed by atoms with E-state index in [0.717, 1.165) is 17.2 Å². The van der Waals surface area contributed by atoms with Gasteiger partial charge in [-0.2, -0.15) is 10.2 Å². The number of amides is 1. The lowest BCUT2D eigenvalue weighted by atomic mass is 10.0. The number of halogens is 1. The highest BCUT2D eigenvalue weighted by Crippen LogP contribution is 2.35. The fraction of sp³-hybridized carbons (Fsp3) is 0.133. The van der Waals surface area contributed by atoms with E-state index >= 15 is 0 Å². The van der Waals surface area contributed by atoms with Crippen molar-refractivity contribution in [3.8, 4) is 28.3 Å². The largest absolute Gasteiger partial charge is 0.496 e. The lowest BCUT2D eigenvalue weighted by Crippen LogP contribution is -2.23. The first-order chi connectivity index (χ1) is 20.9. The fourth-order valence-corrected chi connectivity index (χ4v) is 4.71. The number of carbonyl (C=O) groups excluding carboxylic acids is 2. The van der Waals surface area contributed by atoms with Gasteiger partial charge in [-0.05, 0) is 30.7 Å². The Morgan fingerprint density at radius 3 is 2.67 bits per heavy atom.